The van der Waals surface area contributed by atoms with Crippen LogP contribution >= 0.6 is 34.8 Å². The van der Waals surface area contributed by atoms with Gasteiger partial charge in [-0.2, -0.15) is 0 Å². The molecule has 2 nitrogen and oxygen atoms in total. The molecule has 0 unspecified atom stereocenters. The second-order valence-electron chi connectivity index (χ2n) is 5.04. The average molecular weight is 352 g/mol. The van der Waals surface area contributed by atoms with Gasteiger partial charge in [0.25, 0.3) is 0 Å². The number of hydrogen-bond donors (Lipinski definition) is 0. The fraction of sp³-hybridized carbons (Fsp3) is 0.562. The van der Waals surface area contributed by atoms with E-state index in [0.29, 0.717) is 16.5 Å². The highest BCUT2D eigenvalue weighted by molar-refractivity contribution is 6.43. The molecule has 0 aromatic heterocycles. The number of hydrogen-bond acceptors (Lipinski definition) is 2. The molecule has 0 atom stereocenters. The normalized spacial score (nSPS) is 10.7. The van der Waals surface area contributed by atoms with E-state index >= 15 is 0 Å². The van der Waals surface area contributed by atoms with Crippen LogP contribution in [0.2, 0.25) is 15.1 Å². The Hall–Kier alpha value is -0.440. The van der Waals surface area contributed by atoms with Crippen LogP contribution in [0.15, 0.2) is 12.1 Å². The van der Waals surface area contributed by atoms with Gasteiger partial charge in [-0.1, -0.05) is 80.3 Å². The lowest BCUT2D eigenvalue weighted by atomic mass is 10.1. The minimum Gasteiger partial charge on any atom is -0.425 e. The zero-order chi connectivity index (χ0) is 15.7. The standard InChI is InChI=1S/C16H21Cl3O2/c1-2-3-4-5-6-7-8-9-16(20)21-15-11-13(18)12(17)10-14(15)19/h10-11H,2-9H2,1H3. The second kappa shape index (κ2) is 10.3. The summed E-state index contributed by atoms with van der Waals surface area (Å²) in [6, 6.07) is 2.94. The van der Waals surface area contributed by atoms with E-state index in [1.807, 2.05) is 0 Å². The van der Waals surface area contributed by atoms with E-state index in [1.54, 1.807) is 0 Å². The van der Waals surface area contributed by atoms with Gasteiger partial charge >= 0.3 is 5.97 Å². The maximum Gasteiger partial charge on any atom is 0.311 e. The van der Waals surface area contributed by atoms with Gasteiger partial charge in [-0.15, -0.1) is 0 Å². The van der Waals surface area contributed by atoms with Crippen molar-refractivity contribution in [2.75, 3.05) is 0 Å². The third-order valence-corrected chi connectivity index (χ3v) is 4.20. The third-order valence-electron chi connectivity index (χ3n) is 3.18. The van der Waals surface area contributed by atoms with E-state index in [1.165, 1.54) is 44.2 Å². The number of unbranched alkanes of at least 4 members (excludes halogenated alkanes) is 6. The van der Waals surface area contributed by atoms with Crippen LogP contribution < -0.4 is 4.74 Å². The fourth-order valence-corrected chi connectivity index (χ4v) is 2.56. The predicted octanol–water partition coefficient (Wildman–Crippen LogP) is 6.69. The summed E-state index contributed by atoms with van der Waals surface area (Å²) < 4.78 is 5.21. The van der Waals surface area contributed by atoms with Crippen molar-refractivity contribution in [1.82, 2.24) is 0 Å². The summed E-state index contributed by atoms with van der Waals surface area (Å²) in [5.41, 5.74) is 0. The number of carbonyl (C=O) groups is 1. The summed E-state index contributed by atoms with van der Waals surface area (Å²) in [5.74, 6) is -0.0251. The molecule has 0 spiro atoms. The summed E-state index contributed by atoms with van der Waals surface area (Å²) in [6.45, 7) is 2.20. The Balaban J connectivity index is 2.26. The van der Waals surface area contributed by atoms with Crippen LogP contribution in [0, 0.1) is 0 Å². The van der Waals surface area contributed by atoms with Gasteiger partial charge in [0.1, 0.15) is 0 Å². The van der Waals surface area contributed by atoms with Gasteiger partial charge in [-0.25, -0.2) is 0 Å². The molecule has 5 heteroatoms. The Labute approximate surface area is 141 Å². The number of ether oxygens (including phenoxy) is 1. The van der Waals surface area contributed by atoms with Gasteiger partial charge in [0.2, 0.25) is 0 Å². The zero-order valence-corrected chi connectivity index (χ0v) is 14.5. The molecule has 0 heterocycles. The number of halogens is 3. The molecule has 21 heavy (non-hydrogen) atoms. The quantitative estimate of drug-likeness (QED) is 0.214. The first-order valence-electron chi connectivity index (χ1n) is 7.39. The highest BCUT2D eigenvalue weighted by Crippen LogP contribution is 2.34. The van der Waals surface area contributed by atoms with Crippen LogP contribution in [0.25, 0.3) is 0 Å². The molecule has 118 valence electrons. The zero-order valence-electron chi connectivity index (χ0n) is 12.3. The second-order valence-corrected chi connectivity index (χ2v) is 6.26. The Morgan fingerprint density at radius 2 is 1.48 bits per heavy atom. The number of carbonyl (C=O) groups excluding carboxylic acids is 1. The van der Waals surface area contributed by atoms with E-state index in [2.05, 4.69) is 6.92 Å². The summed E-state index contributed by atoms with van der Waals surface area (Å²) in [7, 11) is 0. The maximum atomic E-state index is 11.7. The molecular weight excluding hydrogens is 331 g/mol. The lowest BCUT2D eigenvalue weighted by Crippen LogP contribution is -2.07. The van der Waals surface area contributed by atoms with Gasteiger partial charge < -0.3 is 4.74 Å². The molecule has 0 aliphatic carbocycles. The molecule has 0 N–H and O–H groups in total. The van der Waals surface area contributed by atoms with Crippen LogP contribution in [-0.4, -0.2) is 5.97 Å². The molecular formula is C16H21Cl3O2. The van der Waals surface area contributed by atoms with Crippen molar-refractivity contribution >= 4 is 40.8 Å². The van der Waals surface area contributed by atoms with Crippen molar-refractivity contribution in [2.24, 2.45) is 0 Å². The number of esters is 1. The SMILES string of the molecule is CCCCCCCCCC(=O)Oc1cc(Cl)c(Cl)cc1Cl. The van der Waals surface area contributed by atoms with Gasteiger partial charge in [0.05, 0.1) is 15.1 Å². The van der Waals surface area contributed by atoms with Crippen molar-refractivity contribution in [3.05, 3.63) is 27.2 Å². The van der Waals surface area contributed by atoms with Gasteiger partial charge in [-0.3, -0.25) is 4.79 Å². The fourth-order valence-electron chi connectivity index (χ4n) is 1.98. The number of rotatable bonds is 9. The van der Waals surface area contributed by atoms with Crippen LogP contribution in [0.4, 0.5) is 0 Å². The lowest BCUT2D eigenvalue weighted by molar-refractivity contribution is -0.134. The van der Waals surface area contributed by atoms with Crippen molar-refractivity contribution in [3.63, 3.8) is 0 Å². The monoisotopic (exact) mass is 350 g/mol. The largest absolute Gasteiger partial charge is 0.425 e. The van der Waals surface area contributed by atoms with Gasteiger partial charge in [0, 0.05) is 12.5 Å². The Kier molecular flexibility index (Phi) is 9.14. The minimum atomic E-state index is -0.288. The summed E-state index contributed by atoms with van der Waals surface area (Å²) in [4.78, 5) is 11.7. The molecule has 1 aromatic carbocycles. The van der Waals surface area contributed by atoms with E-state index in [0.717, 1.165) is 12.8 Å². The van der Waals surface area contributed by atoms with Crippen LogP contribution in [0.3, 0.4) is 0 Å². The van der Waals surface area contributed by atoms with Crippen LogP contribution in [0.5, 0.6) is 5.75 Å². The lowest BCUT2D eigenvalue weighted by Gasteiger charge is -2.07. The van der Waals surface area contributed by atoms with E-state index in [-0.39, 0.29) is 16.7 Å². The van der Waals surface area contributed by atoms with E-state index in [9.17, 15) is 4.79 Å². The molecule has 1 rings (SSSR count). The maximum absolute atomic E-state index is 11.7. The predicted molar refractivity (Wildman–Crippen MR) is 89.7 cm³/mol. The van der Waals surface area contributed by atoms with Crippen molar-refractivity contribution in [2.45, 2.75) is 58.3 Å². The van der Waals surface area contributed by atoms with Crippen molar-refractivity contribution in [3.8, 4) is 5.75 Å². The first kappa shape index (κ1) is 18.6. The van der Waals surface area contributed by atoms with Gasteiger partial charge in [0.15, 0.2) is 5.75 Å². The minimum absolute atomic E-state index is 0.263. The summed E-state index contributed by atoms with van der Waals surface area (Å²) in [5, 5.41) is 0.950. The molecule has 0 fully saturated rings. The third kappa shape index (κ3) is 7.39. The molecule has 0 radical (unpaired) electrons. The van der Waals surface area contributed by atoms with Crippen molar-refractivity contribution < 1.29 is 9.53 Å². The first-order chi connectivity index (χ1) is 10.0. The average Bonchev–Trinajstić information content (AvgIpc) is 2.44. The first-order valence-corrected chi connectivity index (χ1v) is 8.53. The molecule has 0 aliphatic rings. The highest BCUT2D eigenvalue weighted by atomic mass is 35.5. The Bertz CT molecular complexity index is 461. The smallest absolute Gasteiger partial charge is 0.311 e. The van der Waals surface area contributed by atoms with E-state index in [4.69, 9.17) is 39.5 Å². The molecule has 0 aliphatic heterocycles. The summed E-state index contributed by atoms with van der Waals surface area (Å²) >= 11 is 17.7. The number of benzene rings is 1. The van der Waals surface area contributed by atoms with Crippen molar-refractivity contribution in [1.29, 1.82) is 0 Å². The van der Waals surface area contributed by atoms with Crippen LogP contribution in [-0.2, 0) is 4.79 Å². The van der Waals surface area contributed by atoms with Crippen LogP contribution in [0.1, 0.15) is 58.3 Å². The molecule has 0 saturated heterocycles. The Morgan fingerprint density at radius 1 is 0.905 bits per heavy atom. The molecule has 1 aromatic rings. The Morgan fingerprint density at radius 3 is 2.14 bits per heavy atom. The summed E-state index contributed by atoms with van der Waals surface area (Å²) in [6.07, 6.45) is 8.50. The van der Waals surface area contributed by atoms with Gasteiger partial charge in [-0.05, 0) is 12.5 Å². The molecule has 0 saturated carbocycles. The molecule has 0 bridgehead atoms. The van der Waals surface area contributed by atoms with E-state index < -0.39 is 0 Å². The topological polar surface area (TPSA) is 26.3 Å². The molecule has 0 amide bonds. The highest BCUT2D eigenvalue weighted by Gasteiger charge is 2.11.